The van der Waals surface area contributed by atoms with Crippen LogP contribution in [-0.2, 0) is 16.1 Å². The second-order valence-corrected chi connectivity index (χ2v) is 5.80. The number of methoxy groups -OCH3 is 1. The molecule has 1 aromatic carbocycles. The normalized spacial score (nSPS) is 10.7. The average molecular weight is 359 g/mol. The summed E-state index contributed by atoms with van der Waals surface area (Å²) >= 11 is 3.46. The molecular formula is C15H23BrN2O3. The molecule has 1 aromatic rings. The van der Waals surface area contributed by atoms with Crippen LogP contribution < -0.4 is 15.4 Å². The first-order valence-electron chi connectivity index (χ1n) is 6.93. The van der Waals surface area contributed by atoms with E-state index in [0.29, 0.717) is 12.4 Å². The van der Waals surface area contributed by atoms with Crippen molar-refractivity contribution in [3.8, 4) is 5.75 Å². The Balaban J connectivity index is 2.44. The smallest absolute Gasteiger partial charge is 0.258 e. The van der Waals surface area contributed by atoms with E-state index >= 15 is 0 Å². The van der Waals surface area contributed by atoms with Gasteiger partial charge in [-0.15, -0.1) is 0 Å². The van der Waals surface area contributed by atoms with Crippen molar-refractivity contribution < 1.29 is 14.3 Å². The molecule has 0 spiro atoms. The number of amides is 1. The average Bonchev–Trinajstić information content (AvgIpc) is 2.42. The molecule has 0 saturated carbocycles. The van der Waals surface area contributed by atoms with Crippen molar-refractivity contribution in [3.63, 3.8) is 0 Å². The minimum absolute atomic E-state index is 0.0161. The summed E-state index contributed by atoms with van der Waals surface area (Å²) in [5, 5.41) is 6.05. The molecule has 118 valence electrons. The van der Waals surface area contributed by atoms with Gasteiger partial charge in [0, 0.05) is 26.2 Å². The lowest BCUT2D eigenvalue weighted by molar-refractivity contribution is -0.123. The van der Waals surface area contributed by atoms with Gasteiger partial charge < -0.3 is 20.1 Å². The van der Waals surface area contributed by atoms with E-state index in [1.54, 1.807) is 7.11 Å². The van der Waals surface area contributed by atoms with Gasteiger partial charge in [-0.2, -0.15) is 0 Å². The summed E-state index contributed by atoms with van der Waals surface area (Å²) in [6.07, 6.45) is 0. The molecule has 5 nitrogen and oxygen atoms in total. The molecule has 0 aromatic heterocycles. The van der Waals surface area contributed by atoms with Crippen LogP contribution in [-0.4, -0.2) is 38.8 Å². The third-order valence-corrected chi connectivity index (χ3v) is 3.24. The van der Waals surface area contributed by atoms with E-state index in [4.69, 9.17) is 9.47 Å². The molecule has 21 heavy (non-hydrogen) atoms. The largest absolute Gasteiger partial charge is 0.483 e. The van der Waals surface area contributed by atoms with E-state index < -0.39 is 0 Å². The number of benzene rings is 1. The van der Waals surface area contributed by atoms with E-state index in [-0.39, 0.29) is 18.6 Å². The Labute approximate surface area is 134 Å². The first-order chi connectivity index (χ1) is 10.0. The van der Waals surface area contributed by atoms with Crippen LogP contribution >= 0.6 is 15.9 Å². The van der Waals surface area contributed by atoms with E-state index in [1.807, 2.05) is 32.0 Å². The fourth-order valence-corrected chi connectivity index (χ4v) is 2.23. The highest BCUT2D eigenvalue weighted by Crippen LogP contribution is 2.25. The third kappa shape index (κ3) is 7.45. The predicted molar refractivity (Wildman–Crippen MR) is 86.5 cm³/mol. The van der Waals surface area contributed by atoms with Crippen LogP contribution in [0.5, 0.6) is 5.75 Å². The van der Waals surface area contributed by atoms with Crippen molar-refractivity contribution in [2.24, 2.45) is 0 Å². The van der Waals surface area contributed by atoms with Crippen LogP contribution in [0.4, 0.5) is 0 Å². The molecule has 0 unspecified atom stereocenters. The molecular weight excluding hydrogens is 336 g/mol. The molecule has 0 saturated heterocycles. The van der Waals surface area contributed by atoms with Crippen LogP contribution in [0.1, 0.15) is 19.4 Å². The minimum atomic E-state index is -0.123. The SMILES string of the molecule is COCCNCc1ccc(OCC(=O)NC(C)C)c(Br)c1. The lowest BCUT2D eigenvalue weighted by Gasteiger charge is -2.12. The second-order valence-electron chi connectivity index (χ2n) is 4.95. The molecule has 0 aliphatic heterocycles. The first-order valence-corrected chi connectivity index (χ1v) is 7.72. The lowest BCUT2D eigenvalue weighted by atomic mass is 10.2. The van der Waals surface area contributed by atoms with Crippen molar-refractivity contribution >= 4 is 21.8 Å². The maximum Gasteiger partial charge on any atom is 0.258 e. The Morgan fingerprint density at radius 2 is 2.14 bits per heavy atom. The summed E-state index contributed by atoms with van der Waals surface area (Å²) < 4.78 is 11.3. The number of nitrogens with one attached hydrogen (secondary N) is 2. The number of hydrogen-bond acceptors (Lipinski definition) is 4. The quantitative estimate of drug-likeness (QED) is 0.663. The molecule has 0 aliphatic carbocycles. The topological polar surface area (TPSA) is 59.6 Å². The van der Waals surface area contributed by atoms with Gasteiger partial charge in [-0.05, 0) is 47.5 Å². The van der Waals surface area contributed by atoms with Gasteiger partial charge in [0.05, 0.1) is 11.1 Å². The van der Waals surface area contributed by atoms with Gasteiger partial charge in [0.1, 0.15) is 5.75 Å². The number of carbonyl (C=O) groups excluding carboxylic acids is 1. The number of rotatable bonds is 9. The summed E-state index contributed by atoms with van der Waals surface area (Å²) in [6.45, 7) is 6.10. The first kappa shape index (κ1) is 17.9. The zero-order valence-corrected chi connectivity index (χ0v) is 14.3. The van der Waals surface area contributed by atoms with Gasteiger partial charge in [-0.3, -0.25) is 4.79 Å². The fourth-order valence-electron chi connectivity index (χ4n) is 1.69. The predicted octanol–water partition coefficient (Wildman–Crippen LogP) is 2.09. The zero-order valence-electron chi connectivity index (χ0n) is 12.7. The molecule has 1 rings (SSSR count). The minimum Gasteiger partial charge on any atom is -0.483 e. The van der Waals surface area contributed by atoms with Crippen LogP contribution in [0.2, 0.25) is 0 Å². The number of ether oxygens (including phenoxy) is 2. The Hall–Kier alpha value is -1.11. The van der Waals surface area contributed by atoms with Crippen LogP contribution in [0.3, 0.4) is 0 Å². The standard InChI is InChI=1S/C15H23BrN2O3/c1-11(2)18-15(19)10-21-14-5-4-12(8-13(14)16)9-17-6-7-20-3/h4-5,8,11,17H,6-7,9-10H2,1-3H3,(H,18,19). The molecule has 0 fully saturated rings. The van der Waals surface area contributed by atoms with E-state index in [2.05, 4.69) is 26.6 Å². The van der Waals surface area contributed by atoms with Gasteiger partial charge in [0.15, 0.2) is 6.61 Å². The summed E-state index contributed by atoms with van der Waals surface area (Å²) in [7, 11) is 1.68. The Morgan fingerprint density at radius 1 is 1.38 bits per heavy atom. The van der Waals surface area contributed by atoms with Crippen LogP contribution in [0.15, 0.2) is 22.7 Å². The van der Waals surface area contributed by atoms with Gasteiger partial charge in [-0.25, -0.2) is 0 Å². The Bertz CT molecular complexity index is 453. The molecule has 0 bridgehead atoms. The molecule has 0 aliphatic rings. The van der Waals surface area contributed by atoms with E-state index in [1.165, 1.54) is 0 Å². The summed E-state index contributed by atoms with van der Waals surface area (Å²) in [6, 6.07) is 5.93. The molecule has 0 radical (unpaired) electrons. The van der Waals surface area contributed by atoms with Crippen LogP contribution in [0, 0.1) is 0 Å². The Kier molecular flexibility index (Phi) is 8.34. The van der Waals surface area contributed by atoms with Crippen molar-refractivity contribution in [1.29, 1.82) is 0 Å². The summed E-state index contributed by atoms with van der Waals surface area (Å²) in [4.78, 5) is 11.5. The zero-order chi connectivity index (χ0) is 15.7. The van der Waals surface area contributed by atoms with Gasteiger partial charge >= 0.3 is 0 Å². The summed E-state index contributed by atoms with van der Waals surface area (Å²) in [5.41, 5.74) is 1.14. The maximum absolute atomic E-state index is 11.5. The third-order valence-electron chi connectivity index (χ3n) is 2.62. The summed E-state index contributed by atoms with van der Waals surface area (Å²) in [5.74, 6) is 0.539. The van der Waals surface area contributed by atoms with Crippen molar-refractivity contribution in [3.05, 3.63) is 28.2 Å². The molecule has 6 heteroatoms. The van der Waals surface area contributed by atoms with Crippen molar-refractivity contribution in [2.75, 3.05) is 26.9 Å². The van der Waals surface area contributed by atoms with Gasteiger partial charge in [-0.1, -0.05) is 6.07 Å². The molecule has 0 heterocycles. The van der Waals surface area contributed by atoms with Crippen molar-refractivity contribution in [1.82, 2.24) is 10.6 Å². The second kappa shape index (κ2) is 9.76. The highest BCUT2D eigenvalue weighted by molar-refractivity contribution is 9.10. The van der Waals surface area contributed by atoms with E-state index in [0.717, 1.165) is 23.1 Å². The fraction of sp³-hybridized carbons (Fsp3) is 0.533. The molecule has 0 atom stereocenters. The highest BCUT2D eigenvalue weighted by atomic mass is 79.9. The number of carbonyl (C=O) groups is 1. The van der Waals surface area contributed by atoms with Crippen molar-refractivity contribution in [2.45, 2.75) is 26.4 Å². The Morgan fingerprint density at radius 3 is 2.76 bits per heavy atom. The molecule has 2 N–H and O–H groups in total. The maximum atomic E-state index is 11.5. The number of halogens is 1. The number of hydrogen-bond donors (Lipinski definition) is 2. The lowest BCUT2D eigenvalue weighted by Crippen LogP contribution is -2.34. The monoisotopic (exact) mass is 358 g/mol. The van der Waals surface area contributed by atoms with Crippen LogP contribution in [0.25, 0.3) is 0 Å². The van der Waals surface area contributed by atoms with Gasteiger partial charge in [0.25, 0.3) is 5.91 Å². The molecule has 1 amide bonds. The highest BCUT2D eigenvalue weighted by Gasteiger charge is 2.07. The van der Waals surface area contributed by atoms with E-state index in [9.17, 15) is 4.79 Å². The van der Waals surface area contributed by atoms with Gasteiger partial charge in [0.2, 0.25) is 0 Å².